The van der Waals surface area contributed by atoms with E-state index in [2.05, 4.69) is 20.5 Å². The number of para-hydroxylation sites is 1. The summed E-state index contributed by atoms with van der Waals surface area (Å²) in [5, 5.41) is 1.61. The van der Waals surface area contributed by atoms with Gasteiger partial charge in [-0.25, -0.2) is 4.90 Å². The lowest BCUT2D eigenvalue weighted by atomic mass is 10.1. The molecule has 0 spiro atoms. The molecule has 2 amide bonds. The lowest BCUT2D eigenvalue weighted by molar-refractivity contribution is -0.113. The van der Waals surface area contributed by atoms with Gasteiger partial charge in [0.15, 0.2) is 0 Å². The largest absolute Gasteiger partial charge is 0.490 e. The molecule has 0 unspecified atom stereocenters. The summed E-state index contributed by atoms with van der Waals surface area (Å²) in [5.41, 5.74) is 2.26. The average molecular weight is 588 g/mol. The first-order valence-electron chi connectivity index (χ1n) is 10.6. The Morgan fingerprint density at radius 2 is 1.83 bits per heavy atom. The molecule has 1 fully saturated rings. The summed E-state index contributed by atoms with van der Waals surface area (Å²) in [6.07, 6.45) is 3.72. The molecule has 4 aromatic rings. The number of benzene rings is 3. The summed E-state index contributed by atoms with van der Waals surface area (Å²) in [4.78, 5) is 27.3. The van der Waals surface area contributed by atoms with E-state index in [0.29, 0.717) is 39.5 Å². The zero-order valence-electron chi connectivity index (χ0n) is 18.1. The molecule has 0 saturated carbocycles. The molecule has 3 aromatic carbocycles. The molecule has 1 aromatic heterocycles. The Labute approximate surface area is 224 Å². The van der Waals surface area contributed by atoms with Crippen LogP contribution in [-0.4, -0.2) is 22.3 Å². The second-order valence-electron chi connectivity index (χ2n) is 7.72. The molecule has 0 atom stereocenters. The van der Waals surface area contributed by atoms with Gasteiger partial charge in [-0.15, -0.1) is 0 Å². The minimum absolute atomic E-state index is 0.348. The molecule has 35 heavy (non-hydrogen) atoms. The SMILES string of the molecule is O=C1S/C(=C\c2cn(CCOc3ccccc3Cl)c3ccc(Br)cc23)C(=O)N1c1cccc(Cl)c1. The van der Waals surface area contributed by atoms with Crippen molar-refractivity contribution in [3.63, 3.8) is 0 Å². The number of fused-ring (bicyclic) bond motifs is 1. The molecule has 0 N–H and O–H groups in total. The molecular formula is C26H17BrCl2N2O3S. The molecule has 9 heteroatoms. The average Bonchev–Trinajstić information content (AvgIpc) is 3.30. The monoisotopic (exact) mass is 586 g/mol. The molecule has 0 bridgehead atoms. The third-order valence-electron chi connectivity index (χ3n) is 5.45. The van der Waals surface area contributed by atoms with Crippen LogP contribution >= 0.6 is 50.9 Å². The van der Waals surface area contributed by atoms with Crippen LogP contribution in [0.3, 0.4) is 0 Å². The topological polar surface area (TPSA) is 51.5 Å². The maximum atomic E-state index is 13.1. The summed E-state index contributed by atoms with van der Waals surface area (Å²) in [6.45, 7) is 0.982. The van der Waals surface area contributed by atoms with Gasteiger partial charge in [-0.05, 0) is 66.4 Å². The fourth-order valence-electron chi connectivity index (χ4n) is 3.86. The molecule has 2 heterocycles. The highest BCUT2D eigenvalue weighted by Crippen LogP contribution is 2.38. The van der Waals surface area contributed by atoms with Gasteiger partial charge in [-0.1, -0.05) is 57.3 Å². The van der Waals surface area contributed by atoms with Crippen molar-refractivity contribution < 1.29 is 14.3 Å². The van der Waals surface area contributed by atoms with E-state index in [1.54, 1.807) is 36.4 Å². The van der Waals surface area contributed by atoms with E-state index in [1.807, 2.05) is 42.6 Å². The van der Waals surface area contributed by atoms with E-state index in [4.69, 9.17) is 27.9 Å². The Balaban J connectivity index is 1.44. The number of hydrogen-bond acceptors (Lipinski definition) is 4. The van der Waals surface area contributed by atoms with Gasteiger partial charge in [0.25, 0.3) is 11.1 Å². The van der Waals surface area contributed by atoms with Gasteiger partial charge >= 0.3 is 0 Å². The van der Waals surface area contributed by atoms with Crippen molar-refractivity contribution in [2.45, 2.75) is 6.54 Å². The predicted octanol–water partition coefficient (Wildman–Crippen LogP) is 8.03. The van der Waals surface area contributed by atoms with E-state index >= 15 is 0 Å². The smallest absolute Gasteiger partial charge is 0.298 e. The number of halogens is 3. The maximum Gasteiger partial charge on any atom is 0.298 e. The summed E-state index contributed by atoms with van der Waals surface area (Å²) >= 11 is 16.7. The highest BCUT2D eigenvalue weighted by Gasteiger charge is 2.36. The van der Waals surface area contributed by atoms with Crippen molar-refractivity contribution in [3.8, 4) is 5.75 Å². The summed E-state index contributed by atoms with van der Waals surface area (Å²) < 4.78 is 8.84. The Morgan fingerprint density at radius 1 is 1.00 bits per heavy atom. The molecular weight excluding hydrogens is 571 g/mol. The number of hydrogen-bond donors (Lipinski definition) is 0. The second-order valence-corrected chi connectivity index (χ2v) is 10.5. The van der Waals surface area contributed by atoms with Crippen LogP contribution < -0.4 is 9.64 Å². The van der Waals surface area contributed by atoms with E-state index in [0.717, 1.165) is 37.6 Å². The number of amides is 2. The third-order valence-corrected chi connectivity index (χ3v) is 7.36. The summed E-state index contributed by atoms with van der Waals surface area (Å²) in [7, 11) is 0. The third kappa shape index (κ3) is 5.00. The standard InChI is InChI=1S/C26H17BrCl2N2O3S/c27-17-8-9-22-20(13-17)16(15-30(22)10-11-34-23-7-2-1-6-21(23)29)12-24-25(32)31(26(33)35-24)19-5-3-4-18(28)14-19/h1-9,12-15H,10-11H2/b24-12-. The predicted molar refractivity (Wildman–Crippen MR) is 146 cm³/mol. The van der Waals surface area contributed by atoms with Crippen LogP contribution in [0, 0.1) is 0 Å². The minimum atomic E-state index is -0.375. The lowest BCUT2D eigenvalue weighted by Gasteiger charge is -2.12. The normalized spacial score (nSPS) is 14.9. The number of anilines is 1. The molecule has 1 aliphatic rings. The van der Waals surface area contributed by atoms with Crippen LogP contribution in [0.2, 0.25) is 10.0 Å². The quantitative estimate of drug-likeness (QED) is 0.214. The van der Waals surface area contributed by atoms with Crippen LogP contribution in [-0.2, 0) is 11.3 Å². The fraction of sp³-hybridized carbons (Fsp3) is 0.0769. The van der Waals surface area contributed by atoms with E-state index in [-0.39, 0.29) is 11.1 Å². The number of ether oxygens (including phenoxy) is 1. The first kappa shape index (κ1) is 24.0. The van der Waals surface area contributed by atoms with Gasteiger partial charge in [0.05, 0.1) is 22.2 Å². The Hall–Kier alpha value is -2.71. The van der Waals surface area contributed by atoms with Crippen LogP contribution in [0.4, 0.5) is 10.5 Å². The van der Waals surface area contributed by atoms with Crippen molar-refractivity contribution in [1.82, 2.24) is 4.57 Å². The molecule has 1 aliphatic heterocycles. The second kappa shape index (κ2) is 10.1. The first-order valence-corrected chi connectivity index (χ1v) is 13.0. The van der Waals surface area contributed by atoms with Crippen molar-refractivity contribution in [2.75, 3.05) is 11.5 Å². The van der Waals surface area contributed by atoms with E-state index < -0.39 is 0 Å². The molecule has 5 nitrogen and oxygen atoms in total. The van der Waals surface area contributed by atoms with Crippen molar-refractivity contribution >= 4 is 84.7 Å². The first-order chi connectivity index (χ1) is 16.9. The number of thioether (sulfide) groups is 1. The molecule has 1 saturated heterocycles. The molecule has 0 radical (unpaired) electrons. The number of imide groups is 1. The number of rotatable bonds is 6. The van der Waals surface area contributed by atoms with Gasteiger partial charge in [0.1, 0.15) is 12.4 Å². The van der Waals surface area contributed by atoms with Crippen molar-refractivity contribution in [3.05, 3.63) is 97.9 Å². The Kier molecular flexibility index (Phi) is 6.93. The van der Waals surface area contributed by atoms with Crippen LogP contribution in [0.1, 0.15) is 5.56 Å². The fourth-order valence-corrected chi connectivity index (χ4v) is 5.43. The number of aromatic nitrogens is 1. The van der Waals surface area contributed by atoms with E-state index in [1.165, 1.54) is 0 Å². The van der Waals surface area contributed by atoms with Crippen LogP contribution in [0.25, 0.3) is 17.0 Å². The zero-order valence-corrected chi connectivity index (χ0v) is 22.0. The maximum absolute atomic E-state index is 13.1. The highest BCUT2D eigenvalue weighted by molar-refractivity contribution is 9.10. The molecule has 176 valence electrons. The summed E-state index contributed by atoms with van der Waals surface area (Å²) in [6, 6.07) is 20.0. The highest BCUT2D eigenvalue weighted by atomic mass is 79.9. The minimum Gasteiger partial charge on any atom is -0.490 e. The van der Waals surface area contributed by atoms with Gasteiger partial charge in [0, 0.05) is 32.2 Å². The lowest BCUT2D eigenvalue weighted by Crippen LogP contribution is -2.27. The Bertz CT molecular complexity index is 1500. The van der Waals surface area contributed by atoms with Crippen molar-refractivity contribution in [2.24, 2.45) is 0 Å². The Morgan fingerprint density at radius 3 is 2.63 bits per heavy atom. The van der Waals surface area contributed by atoms with Crippen LogP contribution in [0.15, 0.2) is 82.3 Å². The zero-order chi connectivity index (χ0) is 24.5. The van der Waals surface area contributed by atoms with Crippen LogP contribution in [0.5, 0.6) is 5.75 Å². The summed E-state index contributed by atoms with van der Waals surface area (Å²) in [5.74, 6) is 0.253. The van der Waals surface area contributed by atoms with Gasteiger partial charge in [-0.3, -0.25) is 9.59 Å². The van der Waals surface area contributed by atoms with Gasteiger partial charge in [-0.2, -0.15) is 0 Å². The number of carbonyl (C=O) groups excluding carboxylic acids is 2. The van der Waals surface area contributed by atoms with E-state index in [9.17, 15) is 9.59 Å². The number of carbonyl (C=O) groups is 2. The van der Waals surface area contributed by atoms with Gasteiger partial charge < -0.3 is 9.30 Å². The van der Waals surface area contributed by atoms with Gasteiger partial charge in [0.2, 0.25) is 0 Å². The molecule has 5 rings (SSSR count). The van der Waals surface area contributed by atoms with Crippen molar-refractivity contribution in [1.29, 1.82) is 0 Å². The number of nitrogens with zero attached hydrogens (tertiary/aromatic N) is 2. The molecule has 0 aliphatic carbocycles.